The highest BCUT2D eigenvalue weighted by atomic mass is 35.5. The second-order valence-corrected chi connectivity index (χ2v) is 1.75. The topological polar surface area (TPSA) is 62.7 Å². The molecule has 0 heterocycles. The van der Waals surface area contributed by atoms with Crippen LogP contribution in [0.5, 0.6) is 0 Å². The fourth-order valence-corrected chi connectivity index (χ4v) is 0.526. The van der Waals surface area contributed by atoms with Gasteiger partial charge in [0.2, 0.25) is 0 Å². The van der Waals surface area contributed by atoms with Gasteiger partial charge in [-0.2, -0.15) is 4.79 Å². The van der Waals surface area contributed by atoms with Gasteiger partial charge in [0.1, 0.15) is 0 Å². The quantitative estimate of drug-likeness (QED) is 0.277. The van der Waals surface area contributed by atoms with Gasteiger partial charge in [0.25, 0.3) is 0 Å². The highest BCUT2D eigenvalue weighted by Gasteiger charge is 2.16. The van der Waals surface area contributed by atoms with Gasteiger partial charge in [0, 0.05) is 11.6 Å². The summed E-state index contributed by atoms with van der Waals surface area (Å²) < 4.78 is 4.51. The summed E-state index contributed by atoms with van der Waals surface area (Å²) in [6, 6.07) is 0. The molecule has 11 heavy (non-hydrogen) atoms. The molecule has 4 nitrogen and oxygen atoms in total. The van der Waals surface area contributed by atoms with Gasteiger partial charge in [-0.15, -0.1) is 0 Å². The number of rotatable bonds is 3. The molecule has 0 bridgehead atoms. The summed E-state index contributed by atoms with van der Waals surface area (Å²) in [7, 11) is 0. The molecule has 60 valence electrons. The highest BCUT2D eigenvalue weighted by molar-refractivity contribution is 6.40. The largest absolute Gasteiger partial charge is 0.457 e. The van der Waals surface area contributed by atoms with Crippen LogP contribution in [-0.4, -0.2) is 23.1 Å². The molecule has 0 spiro atoms. The van der Waals surface area contributed by atoms with Gasteiger partial charge in [0.05, 0.1) is 6.61 Å². The average Bonchev–Trinajstić information content (AvgIpc) is 2.00. The lowest BCUT2D eigenvalue weighted by Crippen LogP contribution is -2.15. The molecule has 0 rings (SSSR count). The van der Waals surface area contributed by atoms with Crippen LogP contribution in [0.3, 0.4) is 0 Å². The Hall–Kier alpha value is -1.12. The number of esters is 1. The lowest BCUT2D eigenvalue weighted by atomic mass is 10.4. The Labute approximate surface area is 69.0 Å². The monoisotopic (exact) mass is 174 g/mol. The van der Waals surface area contributed by atoms with Gasteiger partial charge in [0.15, 0.2) is 0 Å². The van der Waals surface area contributed by atoms with Crippen molar-refractivity contribution in [1.29, 1.82) is 0 Å². The second-order valence-electron chi connectivity index (χ2n) is 1.50. The van der Waals surface area contributed by atoms with Crippen LogP contribution in [0.4, 0.5) is 0 Å². The summed E-state index contributed by atoms with van der Waals surface area (Å²) in [6.45, 7) is 1.88. The van der Waals surface area contributed by atoms with Crippen LogP contribution in [0.25, 0.3) is 5.53 Å². The summed E-state index contributed by atoms with van der Waals surface area (Å²) in [4.78, 5) is 13.4. The lowest BCUT2D eigenvalue weighted by molar-refractivity contribution is -0.139. The van der Waals surface area contributed by atoms with Crippen molar-refractivity contribution < 1.29 is 14.3 Å². The Bertz CT molecular complexity index is 219. The molecule has 0 unspecified atom stereocenters. The normalized spacial score (nSPS) is 9.27. The van der Waals surface area contributed by atoms with Crippen LogP contribution in [-0.2, 0) is 9.53 Å². The van der Waals surface area contributed by atoms with Crippen LogP contribution in [0, 0.1) is 0 Å². The number of halogens is 1. The number of ether oxygens (including phenoxy) is 1. The van der Waals surface area contributed by atoms with Crippen molar-refractivity contribution in [2.75, 3.05) is 6.61 Å². The van der Waals surface area contributed by atoms with Gasteiger partial charge in [-0.05, 0) is 6.92 Å². The number of hydrogen-bond donors (Lipinski definition) is 0. The van der Waals surface area contributed by atoms with Gasteiger partial charge < -0.3 is 10.3 Å². The van der Waals surface area contributed by atoms with Gasteiger partial charge in [-0.25, -0.2) is 4.79 Å². The van der Waals surface area contributed by atoms with Crippen molar-refractivity contribution in [2.24, 2.45) is 0 Å². The highest BCUT2D eigenvalue weighted by Crippen LogP contribution is 1.85. The minimum absolute atomic E-state index is 0.221. The second kappa shape index (κ2) is 5.65. The first-order valence-corrected chi connectivity index (χ1v) is 3.35. The minimum atomic E-state index is -0.702. The number of hydrogen-bond acceptors (Lipinski definition) is 2. The predicted molar refractivity (Wildman–Crippen MR) is 40.3 cm³/mol. The fourth-order valence-electron chi connectivity index (χ4n) is 0.407. The molecule has 0 aromatic rings. The van der Waals surface area contributed by atoms with Gasteiger partial charge in [-0.3, -0.25) is 0 Å². The number of carbonyl (C=O) groups excluding carboxylic acids is 1. The van der Waals surface area contributed by atoms with E-state index in [1.54, 1.807) is 6.92 Å². The van der Waals surface area contributed by atoms with Crippen LogP contribution < -0.4 is 0 Å². The first kappa shape index (κ1) is 9.88. The molecule has 0 aromatic carbocycles. The average molecular weight is 175 g/mol. The Morgan fingerprint density at radius 3 is 2.82 bits per heavy atom. The Balaban J connectivity index is 4.29. The Morgan fingerprint density at radius 2 is 2.45 bits per heavy atom. The smallest absolute Gasteiger partial charge is 0.421 e. The first-order chi connectivity index (χ1) is 5.26. The van der Waals surface area contributed by atoms with Gasteiger partial charge in [-0.1, -0.05) is 11.6 Å². The summed E-state index contributed by atoms with van der Waals surface area (Å²) in [5.74, 6) is -0.702. The molecule has 0 aliphatic heterocycles. The molecule has 0 aliphatic carbocycles. The maximum atomic E-state index is 10.7. The van der Waals surface area contributed by atoms with Crippen molar-refractivity contribution in [1.82, 2.24) is 0 Å². The van der Waals surface area contributed by atoms with E-state index in [9.17, 15) is 4.79 Å². The van der Waals surface area contributed by atoms with E-state index in [4.69, 9.17) is 17.1 Å². The summed E-state index contributed by atoms with van der Waals surface area (Å²) in [5.41, 5.74) is 9.07. The summed E-state index contributed by atoms with van der Waals surface area (Å²) >= 11 is 5.14. The molecular formula is C6H7ClN2O2. The molecule has 0 fully saturated rings. The summed E-state index contributed by atoms with van der Waals surface area (Å²) in [5, 5.41) is 0. The van der Waals surface area contributed by atoms with Crippen molar-refractivity contribution in [3.05, 3.63) is 17.1 Å². The molecule has 0 atom stereocenters. The van der Waals surface area contributed by atoms with Crippen LogP contribution in [0.1, 0.15) is 6.92 Å². The van der Waals surface area contributed by atoms with Crippen molar-refractivity contribution in [3.8, 4) is 0 Å². The van der Waals surface area contributed by atoms with Crippen LogP contribution in [0.2, 0.25) is 0 Å². The molecule has 0 saturated heterocycles. The molecule has 0 amide bonds. The van der Waals surface area contributed by atoms with Crippen molar-refractivity contribution in [2.45, 2.75) is 6.92 Å². The molecule has 0 radical (unpaired) electrons. The maximum Gasteiger partial charge on any atom is 0.421 e. The third-order valence-corrected chi connectivity index (χ3v) is 0.939. The van der Waals surface area contributed by atoms with Crippen LogP contribution >= 0.6 is 11.6 Å². The van der Waals surface area contributed by atoms with E-state index in [2.05, 4.69) is 9.53 Å². The SMILES string of the molecule is CCOC(=O)C(/C=C/Cl)=[N+]=[N-]. The van der Waals surface area contributed by atoms with Crippen LogP contribution in [0.15, 0.2) is 11.6 Å². The molecule has 0 aliphatic rings. The predicted octanol–water partition coefficient (Wildman–Crippen LogP) is 0.973. The molecular weight excluding hydrogens is 168 g/mol. The zero-order valence-corrected chi connectivity index (χ0v) is 6.71. The van der Waals surface area contributed by atoms with E-state index in [0.717, 1.165) is 11.6 Å². The third kappa shape index (κ3) is 3.55. The zero-order chi connectivity index (χ0) is 8.69. The third-order valence-electron chi connectivity index (χ3n) is 0.813. The Kier molecular flexibility index (Phi) is 5.07. The molecule has 5 heteroatoms. The standard InChI is InChI=1S/C6H7ClN2O2/c1-2-11-6(10)5(9-8)3-4-7/h3-4H,2H2,1H3/b4-3+. The minimum Gasteiger partial charge on any atom is -0.457 e. The molecule has 0 saturated carbocycles. The van der Waals surface area contributed by atoms with Crippen molar-refractivity contribution >= 4 is 23.3 Å². The number of carbonyl (C=O) groups is 1. The molecule has 0 aromatic heterocycles. The Morgan fingerprint density at radius 1 is 1.82 bits per heavy atom. The summed E-state index contributed by atoms with van der Waals surface area (Å²) in [6.07, 6.45) is 1.14. The van der Waals surface area contributed by atoms with E-state index in [1.807, 2.05) is 0 Å². The van der Waals surface area contributed by atoms with Gasteiger partial charge >= 0.3 is 11.7 Å². The fraction of sp³-hybridized carbons (Fsp3) is 0.333. The zero-order valence-electron chi connectivity index (χ0n) is 5.95. The van der Waals surface area contributed by atoms with E-state index in [1.165, 1.54) is 0 Å². The maximum absolute atomic E-state index is 10.7. The first-order valence-electron chi connectivity index (χ1n) is 2.92. The van der Waals surface area contributed by atoms with E-state index < -0.39 is 5.97 Å². The molecule has 0 N–H and O–H groups in total. The van der Waals surface area contributed by atoms with E-state index in [0.29, 0.717) is 0 Å². The lowest BCUT2D eigenvalue weighted by Gasteiger charge is -1.91. The van der Waals surface area contributed by atoms with E-state index in [-0.39, 0.29) is 12.3 Å². The number of nitrogens with zero attached hydrogens (tertiary/aromatic N) is 2. The van der Waals surface area contributed by atoms with Crippen molar-refractivity contribution in [3.63, 3.8) is 0 Å². The van der Waals surface area contributed by atoms with E-state index >= 15 is 0 Å².